The van der Waals surface area contributed by atoms with Crippen LogP contribution in [0, 0.1) is 5.92 Å². The molecule has 0 aliphatic carbocycles. The largest absolute Gasteiger partial charge is 0.497 e. The van der Waals surface area contributed by atoms with Gasteiger partial charge in [-0.25, -0.2) is 4.98 Å². The van der Waals surface area contributed by atoms with Crippen molar-refractivity contribution in [2.24, 2.45) is 5.92 Å². The van der Waals surface area contributed by atoms with Crippen LogP contribution in [-0.2, 0) is 6.42 Å². The second-order valence-electron chi connectivity index (χ2n) is 7.99. The number of anilines is 1. The van der Waals surface area contributed by atoms with Gasteiger partial charge in [0, 0.05) is 24.0 Å². The zero-order chi connectivity index (χ0) is 21.2. The standard InChI is InChI=1S/C25H24ClN3OS/c1-30-20-9-7-19(8-10-20)21-16-31-24-22(21)23(27-25(26)28-24)29-13-11-18(12-14-29)15-17-5-3-2-4-6-17/h2-10,16,18H,11-15H2,1H3. The molecule has 1 aliphatic rings. The second kappa shape index (κ2) is 8.85. The molecular weight excluding hydrogens is 426 g/mol. The molecule has 1 aliphatic heterocycles. The smallest absolute Gasteiger partial charge is 0.225 e. The van der Waals surface area contributed by atoms with E-state index in [-0.39, 0.29) is 0 Å². The predicted molar refractivity (Wildman–Crippen MR) is 129 cm³/mol. The van der Waals surface area contributed by atoms with Crippen LogP contribution in [0.2, 0.25) is 5.28 Å². The van der Waals surface area contributed by atoms with E-state index in [4.69, 9.17) is 16.3 Å². The molecule has 2 aromatic carbocycles. The van der Waals surface area contributed by atoms with E-state index in [9.17, 15) is 0 Å². The summed E-state index contributed by atoms with van der Waals surface area (Å²) in [5.74, 6) is 2.51. The predicted octanol–water partition coefficient (Wildman–Crippen LogP) is 6.48. The summed E-state index contributed by atoms with van der Waals surface area (Å²) in [6.07, 6.45) is 3.45. The molecular formula is C25H24ClN3OS. The number of rotatable bonds is 5. The molecule has 0 saturated carbocycles. The lowest BCUT2D eigenvalue weighted by Crippen LogP contribution is -2.35. The van der Waals surface area contributed by atoms with Gasteiger partial charge in [0.2, 0.25) is 5.28 Å². The average Bonchev–Trinajstić information content (AvgIpc) is 3.23. The Morgan fingerprint density at radius 1 is 1.03 bits per heavy atom. The molecule has 0 N–H and O–H groups in total. The fraction of sp³-hybridized carbons (Fsp3) is 0.280. The van der Waals surface area contributed by atoms with Crippen LogP contribution in [0.3, 0.4) is 0 Å². The first-order valence-electron chi connectivity index (χ1n) is 10.6. The quantitative estimate of drug-likeness (QED) is 0.327. The fourth-order valence-electron chi connectivity index (χ4n) is 4.41. The van der Waals surface area contributed by atoms with Gasteiger partial charge in [-0.05, 0) is 60.0 Å². The van der Waals surface area contributed by atoms with Gasteiger partial charge >= 0.3 is 0 Å². The summed E-state index contributed by atoms with van der Waals surface area (Å²) < 4.78 is 5.31. The van der Waals surface area contributed by atoms with Crippen LogP contribution in [0.1, 0.15) is 18.4 Å². The Balaban J connectivity index is 1.42. The van der Waals surface area contributed by atoms with E-state index in [1.165, 1.54) is 5.56 Å². The van der Waals surface area contributed by atoms with Crippen molar-refractivity contribution in [3.63, 3.8) is 0 Å². The van der Waals surface area contributed by atoms with Crippen LogP contribution < -0.4 is 9.64 Å². The number of halogens is 1. The number of nitrogens with zero attached hydrogens (tertiary/aromatic N) is 3. The van der Waals surface area contributed by atoms with E-state index in [2.05, 4.69) is 62.7 Å². The van der Waals surface area contributed by atoms with Crippen LogP contribution >= 0.6 is 22.9 Å². The zero-order valence-electron chi connectivity index (χ0n) is 17.4. The van der Waals surface area contributed by atoms with Gasteiger partial charge in [0.1, 0.15) is 16.4 Å². The maximum Gasteiger partial charge on any atom is 0.225 e. The van der Waals surface area contributed by atoms with Crippen LogP contribution in [0.5, 0.6) is 5.75 Å². The van der Waals surface area contributed by atoms with Crippen LogP contribution in [0.25, 0.3) is 21.3 Å². The third kappa shape index (κ3) is 4.25. The summed E-state index contributed by atoms with van der Waals surface area (Å²) in [4.78, 5) is 12.5. The monoisotopic (exact) mass is 449 g/mol. The lowest BCUT2D eigenvalue weighted by Gasteiger charge is -2.33. The molecule has 158 valence electrons. The second-order valence-corrected chi connectivity index (χ2v) is 9.19. The van der Waals surface area contributed by atoms with Crippen molar-refractivity contribution in [2.75, 3.05) is 25.1 Å². The third-order valence-corrected chi connectivity index (χ3v) is 7.11. The Kier molecular flexibility index (Phi) is 5.79. The van der Waals surface area contributed by atoms with E-state index in [0.29, 0.717) is 11.2 Å². The van der Waals surface area contributed by atoms with Crippen LogP contribution in [0.4, 0.5) is 5.82 Å². The van der Waals surface area contributed by atoms with Crippen molar-refractivity contribution in [1.82, 2.24) is 9.97 Å². The van der Waals surface area contributed by atoms with E-state index in [1.807, 2.05) is 12.1 Å². The molecule has 0 radical (unpaired) electrons. The van der Waals surface area contributed by atoms with Gasteiger partial charge in [-0.2, -0.15) is 4.98 Å². The summed E-state index contributed by atoms with van der Waals surface area (Å²) in [5.41, 5.74) is 3.71. The molecule has 0 unspecified atom stereocenters. The Bertz CT molecular complexity index is 1170. The van der Waals surface area contributed by atoms with E-state index in [0.717, 1.165) is 65.3 Å². The number of piperidine rings is 1. The molecule has 0 amide bonds. The van der Waals surface area contributed by atoms with Gasteiger partial charge in [0.15, 0.2) is 0 Å². The van der Waals surface area contributed by atoms with Crippen molar-refractivity contribution in [2.45, 2.75) is 19.3 Å². The third-order valence-electron chi connectivity index (χ3n) is 6.07. The number of thiophene rings is 1. The number of methoxy groups -OCH3 is 1. The molecule has 0 atom stereocenters. The highest BCUT2D eigenvalue weighted by atomic mass is 35.5. The molecule has 6 heteroatoms. The number of hydrogen-bond donors (Lipinski definition) is 0. The number of ether oxygens (including phenoxy) is 1. The van der Waals surface area contributed by atoms with E-state index < -0.39 is 0 Å². The van der Waals surface area contributed by atoms with Crippen LogP contribution in [0.15, 0.2) is 60.0 Å². The van der Waals surface area contributed by atoms with Crippen LogP contribution in [-0.4, -0.2) is 30.2 Å². The normalized spacial score (nSPS) is 14.8. The van der Waals surface area contributed by atoms with Gasteiger partial charge in [0.05, 0.1) is 12.5 Å². The molecule has 0 spiro atoms. The molecule has 2 aromatic heterocycles. The molecule has 1 fully saturated rings. The first kappa shape index (κ1) is 20.3. The van der Waals surface area contributed by atoms with Crippen molar-refractivity contribution >= 4 is 39.0 Å². The summed E-state index contributed by atoms with van der Waals surface area (Å²) >= 11 is 7.94. The topological polar surface area (TPSA) is 38.3 Å². The van der Waals surface area contributed by atoms with E-state index in [1.54, 1.807) is 18.4 Å². The number of fused-ring (bicyclic) bond motifs is 1. The summed E-state index contributed by atoms with van der Waals surface area (Å²) in [7, 11) is 1.68. The highest BCUT2D eigenvalue weighted by molar-refractivity contribution is 7.17. The number of benzene rings is 2. The maximum absolute atomic E-state index is 6.32. The molecule has 3 heterocycles. The minimum Gasteiger partial charge on any atom is -0.497 e. The molecule has 1 saturated heterocycles. The summed E-state index contributed by atoms with van der Waals surface area (Å²) in [6, 6.07) is 18.9. The van der Waals surface area contributed by atoms with Crippen molar-refractivity contribution in [3.8, 4) is 16.9 Å². The van der Waals surface area contributed by atoms with Gasteiger partial charge in [-0.3, -0.25) is 0 Å². The van der Waals surface area contributed by atoms with Gasteiger partial charge in [-0.15, -0.1) is 11.3 Å². The minimum absolute atomic E-state index is 0.317. The highest BCUT2D eigenvalue weighted by Crippen LogP contribution is 2.40. The first-order chi connectivity index (χ1) is 15.2. The molecule has 0 bridgehead atoms. The molecule has 4 aromatic rings. The number of aromatic nitrogens is 2. The SMILES string of the molecule is COc1ccc(-c2csc3nc(Cl)nc(N4CCC(Cc5ccccc5)CC4)c23)cc1. The molecule has 4 nitrogen and oxygen atoms in total. The maximum atomic E-state index is 6.32. The van der Waals surface area contributed by atoms with Gasteiger partial charge < -0.3 is 9.64 Å². The Morgan fingerprint density at radius 3 is 2.48 bits per heavy atom. The molecule has 31 heavy (non-hydrogen) atoms. The highest BCUT2D eigenvalue weighted by Gasteiger charge is 2.24. The molecule has 5 rings (SSSR count). The van der Waals surface area contributed by atoms with Gasteiger partial charge in [-0.1, -0.05) is 42.5 Å². The fourth-order valence-corrected chi connectivity index (χ4v) is 5.56. The van der Waals surface area contributed by atoms with Crippen molar-refractivity contribution < 1.29 is 4.74 Å². The van der Waals surface area contributed by atoms with Crippen molar-refractivity contribution in [1.29, 1.82) is 0 Å². The lowest BCUT2D eigenvalue weighted by molar-refractivity contribution is 0.403. The van der Waals surface area contributed by atoms with Crippen molar-refractivity contribution in [3.05, 3.63) is 70.8 Å². The first-order valence-corrected chi connectivity index (χ1v) is 11.8. The zero-order valence-corrected chi connectivity index (χ0v) is 19.0. The Hall–Kier alpha value is -2.63. The lowest BCUT2D eigenvalue weighted by atomic mass is 9.90. The number of hydrogen-bond acceptors (Lipinski definition) is 5. The summed E-state index contributed by atoms with van der Waals surface area (Å²) in [5, 5.41) is 3.57. The van der Waals surface area contributed by atoms with E-state index >= 15 is 0 Å². The summed E-state index contributed by atoms with van der Waals surface area (Å²) in [6.45, 7) is 1.97. The Labute approximate surface area is 191 Å². The Morgan fingerprint density at radius 2 is 1.77 bits per heavy atom. The average molecular weight is 450 g/mol. The van der Waals surface area contributed by atoms with Gasteiger partial charge in [0.25, 0.3) is 0 Å². The minimum atomic E-state index is 0.317.